The van der Waals surface area contributed by atoms with E-state index in [-0.39, 0.29) is 5.91 Å². The number of aromatic nitrogens is 2. The SMILES string of the molecule is CCN(C)Cc1c(C(=O)N2CCN(S(C)(=O)=O)CC2)n2c3c(cccc13)-c1c(C3CCCCC3)c3ccc(C=O)cc3n1CCC2. The number of aldehydes is 1. The standard InChI is InChI=1S/C36H45N5O4S/c1-4-37(2)23-30-27-12-8-13-29-33(27)41(35(30)36(43)38-18-20-39(21-19-38)46(3,44)45)17-9-16-40-31-22-25(24-42)14-15-28(31)32(34(29)40)26-10-6-5-7-11-26/h8,12-15,22,24,26H,4-7,9-11,16-21,23H2,1-3H3. The van der Waals surface area contributed by atoms with Crippen LogP contribution in [0.4, 0.5) is 0 Å². The Labute approximate surface area is 271 Å². The summed E-state index contributed by atoms with van der Waals surface area (Å²) < 4.78 is 30.6. The van der Waals surface area contributed by atoms with Crippen LogP contribution >= 0.6 is 0 Å². The van der Waals surface area contributed by atoms with Crippen molar-refractivity contribution in [2.45, 2.75) is 71.0 Å². The van der Waals surface area contributed by atoms with E-state index in [4.69, 9.17) is 0 Å². The molecule has 0 spiro atoms. The maximum Gasteiger partial charge on any atom is 0.270 e. The van der Waals surface area contributed by atoms with Gasteiger partial charge in [0.1, 0.15) is 12.0 Å². The van der Waals surface area contributed by atoms with Crippen molar-refractivity contribution in [2.24, 2.45) is 0 Å². The van der Waals surface area contributed by atoms with Gasteiger partial charge in [0, 0.05) is 78.8 Å². The number of para-hydroxylation sites is 1. The number of hydrogen-bond donors (Lipinski definition) is 0. The Hall–Kier alpha value is -3.47. The lowest BCUT2D eigenvalue weighted by molar-refractivity contribution is 0.0685. The van der Waals surface area contributed by atoms with E-state index in [1.807, 2.05) is 11.0 Å². The Morgan fingerprint density at radius 2 is 1.67 bits per heavy atom. The number of nitrogens with zero attached hydrogens (tertiary/aromatic N) is 5. The maximum absolute atomic E-state index is 14.6. The molecule has 244 valence electrons. The number of piperazine rings is 1. The molecule has 2 aromatic heterocycles. The molecule has 9 nitrogen and oxygen atoms in total. The number of carbonyl (C=O) groups is 2. The van der Waals surface area contributed by atoms with Crippen molar-refractivity contribution in [3.8, 4) is 11.3 Å². The van der Waals surface area contributed by atoms with Gasteiger partial charge in [0.25, 0.3) is 5.91 Å². The fourth-order valence-electron chi connectivity index (χ4n) is 8.23. The minimum atomic E-state index is -3.30. The largest absolute Gasteiger partial charge is 0.340 e. The summed E-state index contributed by atoms with van der Waals surface area (Å²) in [5.41, 5.74) is 8.51. The second-order valence-corrected chi connectivity index (χ2v) is 15.4. The van der Waals surface area contributed by atoms with E-state index in [2.05, 4.69) is 58.3 Å². The Bertz CT molecular complexity index is 1930. The van der Waals surface area contributed by atoms with Gasteiger partial charge in [0.05, 0.1) is 17.5 Å². The molecule has 4 aromatic rings. The van der Waals surface area contributed by atoms with Crippen molar-refractivity contribution in [1.82, 2.24) is 23.2 Å². The summed E-state index contributed by atoms with van der Waals surface area (Å²) in [7, 11) is -1.21. The number of aryl methyl sites for hydroxylation is 2. The summed E-state index contributed by atoms with van der Waals surface area (Å²) in [6.07, 6.45) is 9.07. The zero-order chi connectivity index (χ0) is 32.2. The lowest BCUT2D eigenvalue weighted by atomic mass is 9.81. The van der Waals surface area contributed by atoms with Gasteiger partial charge in [-0.3, -0.25) is 9.59 Å². The van der Waals surface area contributed by atoms with Crippen LogP contribution < -0.4 is 0 Å². The predicted octanol–water partition coefficient (Wildman–Crippen LogP) is 5.70. The van der Waals surface area contributed by atoms with Crippen molar-refractivity contribution in [2.75, 3.05) is 46.0 Å². The van der Waals surface area contributed by atoms with Crippen LogP contribution in [0.25, 0.3) is 33.1 Å². The highest BCUT2D eigenvalue weighted by Crippen LogP contribution is 2.47. The minimum Gasteiger partial charge on any atom is -0.340 e. The van der Waals surface area contributed by atoms with E-state index in [0.29, 0.717) is 50.7 Å². The molecule has 0 unspecified atom stereocenters. The Kier molecular flexibility index (Phi) is 8.32. The summed E-state index contributed by atoms with van der Waals surface area (Å²) in [5.74, 6) is 0.435. The monoisotopic (exact) mass is 643 g/mol. The van der Waals surface area contributed by atoms with Crippen LogP contribution in [0.2, 0.25) is 0 Å². The molecule has 2 fully saturated rings. The Balaban J connectivity index is 1.46. The van der Waals surface area contributed by atoms with Gasteiger partial charge in [-0.15, -0.1) is 0 Å². The van der Waals surface area contributed by atoms with Crippen molar-refractivity contribution in [3.05, 3.63) is 58.8 Å². The molecule has 1 aliphatic carbocycles. The molecular formula is C36H45N5O4S. The molecule has 10 heteroatoms. The van der Waals surface area contributed by atoms with Gasteiger partial charge in [-0.05, 0) is 50.4 Å². The molecule has 1 saturated carbocycles. The molecule has 7 rings (SSSR count). The molecule has 46 heavy (non-hydrogen) atoms. The highest BCUT2D eigenvalue weighted by atomic mass is 32.2. The molecule has 0 atom stereocenters. The van der Waals surface area contributed by atoms with E-state index in [9.17, 15) is 18.0 Å². The van der Waals surface area contributed by atoms with Gasteiger partial charge < -0.3 is 18.9 Å². The number of fused-ring (bicyclic) bond motifs is 4. The fraction of sp³-hybridized carbons (Fsp3) is 0.500. The molecule has 1 saturated heterocycles. The number of hydrogen-bond acceptors (Lipinski definition) is 5. The molecular weight excluding hydrogens is 598 g/mol. The third-order valence-corrected chi connectivity index (χ3v) is 12.0. The number of sulfonamides is 1. The van der Waals surface area contributed by atoms with Gasteiger partial charge in [0.15, 0.2) is 0 Å². The van der Waals surface area contributed by atoms with E-state index in [1.54, 1.807) is 0 Å². The van der Waals surface area contributed by atoms with Crippen molar-refractivity contribution >= 4 is 44.0 Å². The average molecular weight is 644 g/mol. The van der Waals surface area contributed by atoms with Gasteiger partial charge in [-0.1, -0.05) is 56.5 Å². The first-order valence-electron chi connectivity index (χ1n) is 16.9. The normalized spacial score (nSPS) is 18.2. The molecule has 0 radical (unpaired) electrons. The van der Waals surface area contributed by atoms with E-state index < -0.39 is 10.0 Å². The van der Waals surface area contributed by atoms with Crippen LogP contribution in [0.1, 0.15) is 83.3 Å². The van der Waals surface area contributed by atoms with E-state index in [0.717, 1.165) is 71.9 Å². The van der Waals surface area contributed by atoms with Crippen LogP contribution in [-0.4, -0.2) is 89.9 Å². The summed E-state index contributed by atoms with van der Waals surface area (Å²) in [5, 5.41) is 2.35. The first kappa shape index (κ1) is 31.1. The summed E-state index contributed by atoms with van der Waals surface area (Å²) in [6.45, 7) is 6.50. The predicted molar refractivity (Wildman–Crippen MR) is 183 cm³/mol. The lowest BCUT2D eigenvalue weighted by Crippen LogP contribution is -2.50. The third-order valence-electron chi connectivity index (χ3n) is 10.6. The molecule has 2 aromatic carbocycles. The summed E-state index contributed by atoms with van der Waals surface area (Å²) in [4.78, 5) is 30.6. The third kappa shape index (κ3) is 5.28. The molecule has 3 aliphatic rings. The minimum absolute atomic E-state index is 0.0148. The van der Waals surface area contributed by atoms with Crippen LogP contribution in [0.3, 0.4) is 0 Å². The first-order chi connectivity index (χ1) is 22.2. The maximum atomic E-state index is 14.6. The second-order valence-electron chi connectivity index (χ2n) is 13.5. The molecule has 4 heterocycles. The molecule has 1 amide bonds. The zero-order valence-corrected chi connectivity index (χ0v) is 28.1. The molecule has 0 N–H and O–H groups in total. The van der Waals surface area contributed by atoms with Crippen molar-refractivity contribution < 1.29 is 18.0 Å². The number of benzene rings is 2. The smallest absolute Gasteiger partial charge is 0.270 e. The summed E-state index contributed by atoms with van der Waals surface area (Å²) >= 11 is 0. The van der Waals surface area contributed by atoms with Gasteiger partial charge >= 0.3 is 0 Å². The quantitative estimate of drug-likeness (QED) is 0.241. The highest BCUT2D eigenvalue weighted by Gasteiger charge is 2.34. The van der Waals surface area contributed by atoms with Crippen molar-refractivity contribution in [1.29, 1.82) is 0 Å². The van der Waals surface area contributed by atoms with Crippen LogP contribution in [-0.2, 0) is 29.7 Å². The number of rotatable bonds is 7. The average Bonchev–Trinajstić information content (AvgIpc) is 3.55. The van der Waals surface area contributed by atoms with Gasteiger partial charge in [-0.25, -0.2) is 8.42 Å². The number of amides is 1. The first-order valence-corrected chi connectivity index (χ1v) is 18.7. The Morgan fingerprint density at radius 3 is 2.37 bits per heavy atom. The Morgan fingerprint density at radius 1 is 0.935 bits per heavy atom. The topological polar surface area (TPSA) is 87.9 Å². The highest BCUT2D eigenvalue weighted by molar-refractivity contribution is 7.88. The lowest BCUT2D eigenvalue weighted by Gasteiger charge is -2.34. The van der Waals surface area contributed by atoms with E-state index in [1.165, 1.54) is 46.5 Å². The zero-order valence-electron chi connectivity index (χ0n) is 27.3. The molecule has 2 aliphatic heterocycles. The fourth-order valence-corrected chi connectivity index (χ4v) is 9.06. The molecule has 0 bridgehead atoms. The van der Waals surface area contributed by atoms with Gasteiger partial charge in [0.2, 0.25) is 10.0 Å². The van der Waals surface area contributed by atoms with Crippen LogP contribution in [0, 0.1) is 0 Å². The van der Waals surface area contributed by atoms with E-state index >= 15 is 0 Å². The second kappa shape index (κ2) is 12.3. The van der Waals surface area contributed by atoms with Crippen LogP contribution in [0.5, 0.6) is 0 Å². The van der Waals surface area contributed by atoms with Crippen LogP contribution in [0.15, 0.2) is 36.4 Å². The number of carbonyl (C=O) groups excluding carboxylic acids is 2. The summed E-state index contributed by atoms with van der Waals surface area (Å²) in [6, 6.07) is 12.7. The van der Waals surface area contributed by atoms with Crippen molar-refractivity contribution in [3.63, 3.8) is 0 Å². The van der Waals surface area contributed by atoms with Gasteiger partial charge in [-0.2, -0.15) is 4.31 Å².